The highest BCUT2D eigenvalue weighted by Gasteiger charge is 2.20. The number of aromatic nitrogens is 3. The van der Waals surface area contributed by atoms with E-state index in [9.17, 15) is 0 Å². The average Bonchev–Trinajstić information content (AvgIpc) is 2.41. The van der Waals surface area contributed by atoms with Crippen molar-refractivity contribution in [3.63, 3.8) is 0 Å². The first kappa shape index (κ1) is 11.3. The van der Waals surface area contributed by atoms with Crippen molar-refractivity contribution in [2.45, 2.75) is 37.8 Å². The fourth-order valence-corrected chi connectivity index (χ4v) is 2.27. The molecule has 0 bridgehead atoms. The van der Waals surface area contributed by atoms with Crippen LogP contribution in [0.25, 0.3) is 11.0 Å². The van der Waals surface area contributed by atoms with E-state index in [1.807, 2.05) is 24.3 Å². The molecule has 0 spiro atoms. The predicted molar refractivity (Wildman–Crippen MR) is 68.2 cm³/mol. The largest absolute Gasteiger partial charge is 0.459 e. The maximum absolute atomic E-state index is 5.87. The summed E-state index contributed by atoms with van der Waals surface area (Å²) in [7, 11) is 0. The number of rotatable bonds is 2. The lowest BCUT2D eigenvalue weighted by Crippen LogP contribution is -2.32. The van der Waals surface area contributed by atoms with Crippen molar-refractivity contribution in [2.75, 3.05) is 0 Å². The second-order valence-electron chi connectivity index (χ2n) is 4.74. The van der Waals surface area contributed by atoms with Crippen molar-refractivity contribution in [1.82, 2.24) is 15.2 Å². The van der Waals surface area contributed by atoms with Gasteiger partial charge in [0.1, 0.15) is 11.6 Å². The molecule has 1 saturated carbocycles. The van der Waals surface area contributed by atoms with Crippen molar-refractivity contribution >= 4 is 11.0 Å². The minimum absolute atomic E-state index is 0.174. The lowest BCUT2D eigenvalue weighted by molar-refractivity contribution is 0.134. The number of benzene rings is 1. The van der Waals surface area contributed by atoms with Crippen LogP contribution in [0.4, 0.5) is 0 Å². The predicted octanol–water partition coefficient (Wildman–Crippen LogP) is 1.67. The van der Waals surface area contributed by atoms with Crippen LogP contribution in [-0.4, -0.2) is 27.3 Å². The first-order chi connectivity index (χ1) is 8.81. The molecule has 2 aromatic rings. The van der Waals surface area contributed by atoms with Gasteiger partial charge >= 0.3 is 6.01 Å². The van der Waals surface area contributed by atoms with E-state index in [0.717, 1.165) is 36.7 Å². The van der Waals surface area contributed by atoms with Gasteiger partial charge in [-0.15, -0.1) is 5.10 Å². The van der Waals surface area contributed by atoms with Gasteiger partial charge in [0.2, 0.25) is 0 Å². The summed E-state index contributed by atoms with van der Waals surface area (Å²) in [6, 6.07) is 8.34. The van der Waals surface area contributed by atoms with Gasteiger partial charge in [0.05, 0.1) is 5.52 Å². The maximum Gasteiger partial charge on any atom is 0.336 e. The van der Waals surface area contributed by atoms with Crippen LogP contribution < -0.4 is 10.5 Å². The molecule has 0 aliphatic heterocycles. The molecule has 0 atom stereocenters. The Kier molecular flexibility index (Phi) is 3.06. The Bertz CT molecular complexity index is 537. The van der Waals surface area contributed by atoms with E-state index in [1.54, 1.807) is 0 Å². The Balaban J connectivity index is 1.74. The van der Waals surface area contributed by atoms with E-state index in [4.69, 9.17) is 10.5 Å². The molecule has 18 heavy (non-hydrogen) atoms. The van der Waals surface area contributed by atoms with Crippen molar-refractivity contribution in [3.05, 3.63) is 24.3 Å². The third kappa shape index (κ3) is 2.41. The summed E-state index contributed by atoms with van der Waals surface area (Å²) in [5.74, 6) is 0. The summed E-state index contributed by atoms with van der Waals surface area (Å²) in [5, 5.41) is 8.10. The third-order valence-electron chi connectivity index (χ3n) is 3.33. The standard InChI is InChI=1S/C13H16N4O/c14-9-5-7-10(8-6-9)18-13-15-11-3-1-2-4-12(11)16-17-13/h1-4,9-10H,5-8,14H2. The minimum atomic E-state index is 0.174. The normalized spacial score (nSPS) is 24.1. The first-order valence-electron chi connectivity index (χ1n) is 6.33. The molecule has 5 nitrogen and oxygen atoms in total. The van der Waals surface area contributed by atoms with Crippen molar-refractivity contribution in [2.24, 2.45) is 5.73 Å². The lowest BCUT2D eigenvalue weighted by atomic mass is 9.94. The molecular weight excluding hydrogens is 228 g/mol. The van der Waals surface area contributed by atoms with Crippen LogP contribution in [0.2, 0.25) is 0 Å². The van der Waals surface area contributed by atoms with Crippen molar-refractivity contribution in [1.29, 1.82) is 0 Å². The van der Waals surface area contributed by atoms with Crippen molar-refractivity contribution in [3.8, 4) is 6.01 Å². The Morgan fingerprint density at radius 1 is 1.00 bits per heavy atom. The van der Waals surface area contributed by atoms with Crippen molar-refractivity contribution < 1.29 is 4.74 Å². The second-order valence-corrected chi connectivity index (χ2v) is 4.74. The lowest BCUT2D eigenvalue weighted by Gasteiger charge is -2.25. The van der Waals surface area contributed by atoms with E-state index in [1.165, 1.54) is 0 Å². The zero-order valence-electron chi connectivity index (χ0n) is 10.1. The Morgan fingerprint density at radius 2 is 1.72 bits per heavy atom. The number of ether oxygens (including phenoxy) is 1. The maximum atomic E-state index is 5.87. The summed E-state index contributed by atoms with van der Waals surface area (Å²) in [4.78, 5) is 4.36. The van der Waals surface area contributed by atoms with Gasteiger partial charge in [-0.3, -0.25) is 0 Å². The fraction of sp³-hybridized carbons (Fsp3) is 0.462. The number of hydrogen-bond donors (Lipinski definition) is 1. The molecule has 5 heteroatoms. The summed E-state index contributed by atoms with van der Waals surface area (Å²) in [6.07, 6.45) is 4.12. The molecule has 1 fully saturated rings. The highest BCUT2D eigenvalue weighted by Crippen LogP contribution is 2.21. The van der Waals surface area contributed by atoms with Gasteiger partial charge in [-0.25, -0.2) is 0 Å². The van der Waals surface area contributed by atoms with Gasteiger partial charge in [-0.1, -0.05) is 17.2 Å². The van der Waals surface area contributed by atoms with Crippen LogP contribution in [0.5, 0.6) is 6.01 Å². The van der Waals surface area contributed by atoms with Crippen LogP contribution >= 0.6 is 0 Å². The number of nitrogens with zero attached hydrogens (tertiary/aromatic N) is 3. The fourth-order valence-electron chi connectivity index (χ4n) is 2.27. The van der Waals surface area contributed by atoms with Crippen LogP contribution in [0.1, 0.15) is 25.7 Å². The summed E-state index contributed by atoms with van der Waals surface area (Å²) in [5.41, 5.74) is 7.47. The SMILES string of the molecule is NC1CCC(Oc2nnc3ccccc3n2)CC1. The first-order valence-corrected chi connectivity index (χ1v) is 6.33. The third-order valence-corrected chi connectivity index (χ3v) is 3.33. The van der Waals surface area contributed by atoms with Gasteiger partial charge in [0.25, 0.3) is 0 Å². The van der Waals surface area contributed by atoms with E-state index in [0.29, 0.717) is 12.1 Å². The number of hydrogen-bond acceptors (Lipinski definition) is 5. The molecule has 0 saturated heterocycles. The van der Waals surface area contributed by atoms with E-state index < -0.39 is 0 Å². The Morgan fingerprint density at radius 3 is 2.50 bits per heavy atom. The van der Waals surface area contributed by atoms with Gasteiger partial charge in [-0.2, -0.15) is 4.98 Å². The molecule has 1 aliphatic rings. The van der Waals surface area contributed by atoms with E-state index in [-0.39, 0.29) is 6.10 Å². The Labute approximate surface area is 105 Å². The topological polar surface area (TPSA) is 73.9 Å². The zero-order valence-corrected chi connectivity index (χ0v) is 10.1. The summed E-state index contributed by atoms with van der Waals surface area (Å²) >= 11 is 0. The molecule has 0 amide bonds. The summed E-state index contributed by atoms with van der Waals surface area (Å²) < 4.78 is 5.77. The van der Waals surface area contributed by atoms with Crippen LogP contribution in [0.15, 0.2) is 24.3 Å². The molecule has 0 radical (unpaired) electrons. The molecule has 1 aromatic carbocycles. The highest BCUT2D eigenvalue weighted by molar-refractivity contribution is 5.73. The summed E-state index contributed by atoms with van der Waals surface area (Å²) in [6.45, 7) is 0. The van der Waals surface area contributed by atoms with Gasteiger partial charge in [-0.05, 0) is 37.8 Å². The number of para-hydroxylation sites is 1. The minimum Gasteiger partial charge on any atom is -0.459 e. The van der Waals surface area contributed by atoms with Gasteiger partial charge in [0.15, 0.2) is 0 Å². The van der Waals surface area contributed by atoms with Crippen LogP contribution in [-0.2, 0) is 0 Å². The van der Waals surface area contributed by atoms with Gasteiger partial charge < -0.3 is 10.5 Å². The van der Waals surface area contributed by atoms with E-state index >= 15 is 0 Å². The number of nitrogens with two attached hydrogens (primary N) is 1. The molecule has 1 heterocycles. The monoisotopic (exact) mass is 244 g/mol. The molecular formula is C13H16N4O. The highest BCUT2D eigenvalue weighted by atomic mass is 16.5. The molecule has 1 aromatic heterocycles. The van der Waals surface area contributed by atoms with Crippen LogP contribution in [0, 0.1) is 0 Å². The second kappa shape index (κ2) is 4.86. The molecule has 0 unspecified atom stereocenters. The molecule has 94 valence electrons. The average molecular weight is 244 g/mol. The Hall–Kier alpha value is -1.75. The molecule has 1 aliphatic carbocycles. The quantitative estimate of drug-likeness (QED) is 0.869. The molecule has 2 N–H and O–H groups in total. The van der Waals surface area contributed by atoms with Gasteiger partial charge in [0, 0.05) is 6.04 Å². The smallest absolute Gasteiger partial charge is 0.336 e. The molecule has 3 rings (SSSR count). The van der Waals surface area contributed by atoms with Crippen LogP contribution in [0.3, 0.4) is 0 Å². The van der Waals surface area contributed by atoms with E-state index in [2.05, 4.69) is 15.2 Å². The number of fused-ring (bicyclic) bond motifs is 1. The zero-order chi connectivity index (χ0) is 12.4.